The zero-order chi connectivity index (χ0) is 13.2. The summed E-state index contributed by atoms with van der Waals surface area (Å²) in [5.41, 5.74) is 5.96. The highest BCUT2D eigenvalue weighted by molar-refractivity contribution is 5.76. The first-order chi connectivity index (χ1) is 8.72. The van der Waals surface area contributed by atoms with Crippen molar-refractivity contribution in [1.82, 2.24) is 20.3 Å². The van der Waals surface area contributed by atoms with Gasteiger partial charge >= 0.3 is 0 Å². The van der Waals surface area contributed by atoms with Crippen molar-refractivity contribution in [1.29, 1.82) is 0 Å². The molecule has 0 saturated heterocycles. The second kappa shape index (κ2) is 8.60. The van der Waals surface area contributed by atoms with Gasteiger partial charge < -0.3 is 15.8 Å². The molecule has 3 N–H and O–H groups in total. The van der Waals surface area contributed by atoms with Gasteiger partial charge in [-0.25, -0.2) is 0 Å². The van der Waals surface area contributed by atoms with Crippen LogP contribution in [0, 0.1) is 0 Å². The molecule has 0 radical (unpaired) electrons. The molecule has 1 unspecified atom stereocenters. The van der Waals surface area contributed by atoms with E-state index in [-0.39, 0.29) is 18.6 Å². The molecular weight excluding hydrogens is 234 g/mol. The normalized spacial score (nSPS) is 12.3. The number of nitrogens with one attached hydrogen (secondary N) is 1. The van der Waals surface area contributed by atoms with Gasteiger partial charge in [-0.15, -0.1) is 5.10 Å². The molecule has 0 aromatic carbocycles. The summed E-state index contributed by atoms with van der Waals surface area (Å²) < 4.78 is 6.96. The van der Waals surface area contributed by atoms with E-state index in [0.717, 1.165) is 25.8 Å². The lowest BCUT2D eigenvalue weighted by Gasteiger charge is -2.11. The zero-order valence-electron chi connectivity index (χ0n) is 10.7. The third kappa shape index (κ3) is 6.31. The fourth-order valence-corrected chi connectivity index (χ4v) is 1.48. The van der Waals surface area contributed by atoms with Crippen LogP contribution in [-0.4, -0.2) is 47.2 Å². The van der Waals surface area contributed by atoms with E-state index in [4.69, 9.17) is 10.5 Å². The first-order valence-corrected chi connectivity index (χ1v) is 6.10. The largest absolute Gasteiger partial charge is 0.372 e. The second-order valence-corrected chi connectivity index (χ2v) is 4.08. The van der Waals surface area contributed by atoms with Crippen LogP contribution in [0.5, 0.6) is 0 Å². The van der Waals surface area contributed by atoms with Crippen molar-refractivity contribution in [3.63, 3.8) is 0 Å². The maximum atomic E-state index is 10.9. The van der Waals surface area contributed by atoms with Crippen LogP contribution in [0.2, 0.25) is 0 Å². The SMILES string of the molecule is CNC(=O)COCCCC(N)CCn1ccnn1. The predicted molar refractivity (Wildman–Crippen MR) is 66.7 cm³/mol. The Morgan fingerprint density at radius 1 is 1.56 bits per heavy atom. The van der Waals surface area contributed by atoms with Gasteiger partial charge in [0, 0.05) is 32.4 Å². The number of aromatic nitrogens is 3. The van der Waals surface area contributed by atoms with Crippen LogP contribution in [0.4, 0.5) is 0 Å². The van der Waals surface area contributed by atoms with Crippen LogP contribution >= 0.6 is 0 Å². The molecule has 102 valence electrons. The molecule has 18 heavy (non-hydrogen) atoms. The van der Waals surface area contributed by atoms with E-state index in [1.54, 1.807) is 17.9 Å². The summed E-state index contributed by atoms with van der Waals surface area (Å²) in [7, 11) is 1.59. The van der Waals surface area contributed by atoms with E-state index in [9.17, 15) is 4.79 Å². The van der Waals surface area contributed by atoms with Gasteiger partial charge in [0.25, 0.3) is 0 Å². The van der Waals surface area contributed by atoms with Gasteiger partial charge in [-0.05, 0) is 19.3 Å². The van der Waals surface area contributed by atoms with Gasteiger partial charge in [0.1, 0.15) is 6.61 Å². The Hall–Kier alpha value is -1.47. The van der Waals surface area contributed by atoms with Gasteiger partial charge in [-0.2, -0.15) is 0 Å². The number of amides is 1. The summed E-state index contributed by atoms with van der Waals surface area (Å²) in [5.74, 6) is -0.106. The van der Waals surface area contributed by atoms with Crippen molar-refractivity contribution in [2.24, 2.45) is 5.73 Å². The second-order valence-electron chi connectivity index (χ2n) is 4.08. The van der Waals surface area contributed by atoms with Gasteiger partial charge in [0.2, 0.25) is 5.91 Å². The average Bonchev–Trinajstić information content (AvgIpc) is 2.88. The number of likely N-dealkylation sites (N-methyl/N-ethyl adjacent to an activating group) is 1. The number of hydrogen-bond acceptors (Lipinski definition) is 5. The number of carbonyl (C=O) groups excluding carboxylic acids is 1. The molecule has 0 aliphatic rings. The highest BCUT2D eigenvalue weighted by Crippen LogP contribution is 2.01. The summed E-state index contributed by atoms with van der Waals surface area (Å²) in [5, 5.41) is 10.1. The number of hydrogen-bond donors (Lipinski definition) is 2. The van der Waals surface area contributed by atoms with Crippen LogP contribution in [0.25, 0.3) is 0 Å². The lowest BCUT2D eigenvalue weighted by Crippen LogP contribution is -2.25. The van der Waals surface area contributed by atoms with Crippen molar-refractivity contribution < 1.29 is 9.53 Å². The van der Waals surface area contributed by atoms with Crippen LogP contribution < -0.4 is 11.1 Å². The number of aryl methyl sites for hydroxylation is 1. The molecule has 1 amide bonds. The number of ether oxygens (including phenoxy) is 1. The van der Waals surface area contributed by atoms with Crippen molar-refractivity contribution >= 4 is 5.91 Å². The minimum absolute atomic E-state index is 0.106. The summed E-state index contributed by atoms with van der Waals surface area (Å²) in [6.07, 6.45) is 6.06. The Morgan fingerprint density at radius 3 is 3.06 bits per heavy atom. The third-order valence-corrected chi connectivity index (χ3v) is 2.58. The average molecular weight is 255 g/mol. The molecule has 0 saturated carbocycles. The minimum Gasteiger partial charge on any atom is -0.372 e. The molecule has 1 rings (SSSR count). The van der Waals surface area contributed by atoms with Crippen LogP contribution in [0.3, 0.4) is 0 Å². The molecule has 1 heterocycles. The number of nitrogens with two attached hydrogens (primary N) is 1. The maximum absolute atomic E-state index is 10.9. The fourth-order valence-electron chi connectivity index (χ4n) is 1.48. The van der Waals surface area contributed by atoms with E-state index in [0.29, 0.717) is 6.61 Å². The van der Waals surface area contributed by atoms with E-state index >= 15 is 0 Å². The Labute approximate surface area is 107 Å². The van der Waals surface area contributed by atoms with Crippen molar-refractivity contribution in [3.05, 3.63) is 12.4 Å². The molecule has 0 aliphatic carbocycles. The summed E-state index contributed by atoms with van der Waals surface area (Å²) in [6.45, 7) is 1.45. The number of rotatable bonds is 9. The molecule has 0 aliphatic heterocycles. The Balaban J connectivity index is 1.96. The van der Waals surface area contributed by atoms with Crippen LogP contribution in [0.15, 0.2) is 12.4 Å². The molecule has 0 bridgehead atoms. The fraction of sp³-hybridized carbons (Fsp3) is 0.727. The quantitative estimate of drug-likeness (QED) is 0.582. The smallest absolute Gasteiger partial charge is 0.245 e. The van der Waals surface area contributed by atoms with Crippen molar-refractivity contribution in [2.45, 2.75) is 31.8 Å². The highest BCUT2D eigenvalue weighted by Gasteiger charge is 2.04. The standard InChI is InChI=1S/C11H21N5O2/c1-13-11(17)9-18-8-2-3-10(12)4-6-16-7-5-14-15-16/h5,7,10H,2-4,6,8-9,12H2,1H3,(H,13,17). The number of nitrogens with zero attached hydrogens (tertiary/aromatic N) is 3. The first kappa shape index (κ1) is 14.6. The lowest BCUT2D eigenvalue weighted by molar-refractivity contribution is -0.125. The molecule has 1 aromatic rings. The molecule has 1 atom stereocenters. The van der Waals surface area contributed by atoms with Crippen LogP contribution in [0.1, 0.15) is 19.3 Å². The predicted octanol–water partition coefficient (Wildman–Crippen LogP) is -0.462. The molecule has 7 heteroatoms. The highest BCUT2D eigenvalue weighted by atomic mass is 16.5. The Bertz CT molecular complexity index is 328. The maximum Gasteiger partial charge on any atom is 0.245 e. The first-order valence-electron chi connectivity index (χ1n) is 6.10. The zero-order valence-corrected chi connectivity index (χ0v) is 10.7. The van der Waals surface area contributed by atoms with Crippen molar-refractivity contribution in [3.8, 4) is 0 Å². The van der Waals surface area contributed by atoms with E-state index in [1.807, 2.05) is 6.20 Å². The lowest BCUT2D eigenvalue weighted by atomic mass is 10.1. The van der Waals surface area contributed by atoms with Gasteiger partial charge in [0.15, 0.2) is 0 Å². The molecular formula is C11H21N5O2. The summed E-state index contributed by atoms with van der Waals surface area (Å²) in [6, 6.07) is 0.123. The molecule has 0 spiro atoms. The van der Waals surface area contributed by atoms with Crippen LogP contribution in [-0.2, 0) is 16.1 Å². The van der Waals surface area contributed by atoms with E-state index < -0.39 is 0 Å². The Morgan fingerprint density at radius 2 is 2.39 bits per heavy atom. The topological polar surface area (TPSA) is 95.1 Å². The monoisotopic (exact) mass is 255 g/mol. The van der Waals surface area contributed by atoms with Gasteiger partial charge in [-0.3, -0.25) is 9.48 Å². The third-order valence-electron chi connectivity index (χ3n) is 2.58. The Kier molecular flexibility index (Phi) is 6.97. The van der Waals surface area contributed by atoms with Gasteiger partial charge in [-0.1, -0.05) is 5.21 Å². The van der Waals surface area contributed by atoms with Crippen molar-refractivity contribution in [2.75, 3.05) is 20.3 Å². The molecule has 7 nitrogen and oxygen atoms in total. The van der Waals surface area contributed by atoms with E-state index in [1.165, 1.54) is 0 Å². The molecule has 1 aromatic heterocycles. The summed E-state index contributed by atoms with van der Waals surface area (Å²) in [4.78, 5) is 10.9. The minimum atomic E-state index is -0.106. The van der Waals surface area contributed by atoms with E-state index in [2.05, 4.69) is 15.6 Å². The van der Waals surface area contributed by atoms with Gasteiger partial charge in [0.05, 0.1) is 6.20 Å². The summed E-state index contributed by atoms with van der Waals surface area (Å²) >= 11 is 0. The number of carbonyl (C=O) groups is 1. The molecule has 0 fully saturated rings.